The van der Waals surface area contributed by atoms with Crippen molar-refractivity contribution in [2.24, 2.45) is 0 Å². The highest BCUT2D eigenvalue weighted by molar-refractivity contribution is 5.64. The Kier molecular flexibility index (Phi) is 3.78. The second kappa shape index (κ2) is 6.01. The minimum absolute atomic E-state index is 0.282. The molecular weight excluding hydrogens is 349 g/mol. The first-order valence-electron chi connectivity index (χ1n) is 7.89. The number of nitrogens with one attached hydrogen (secondary N) is 1. The number of aromatic nitrogens is 4. The molecule has 1 fully saturated rings. The van der Waals surface area contributed by atoms with E-state index < -0.39 is 12.1 Å². The first-order chi connectivity index (χ1) is 12.4. The van der Waals surface area contributed by atoms with Gasteiger partial charge in [0.1, 0.15) is 11.6 Å². The molecule has 0 spiro atoms. The van der Waals surface area contributed by atoms with Gasteiger partial charge in [0.25, 0.3) is 0 Å². The lowest BCUT2D eigenvalue weighted by Gasteiger charge is -2.10. The second-order valence-electron chi connectivity index (χ2n) is 5.97. The maximum atomic E-state index is 12.3. The van der Waals surface area contributed by atoms with Crippen molar-refractivity contribution < 1.29 is 17.9 Å². The molecule has 134 valence electrons. The number of nitrogens with zero attached hydrogens (tertiary/aromatic N) is 3. The van der Waals surface area contributed by atoms with Crippen LogP contribution in [0.1, 0.15) is 18.9 Å². The van der Waals surface area contributed by atoms with Gasteiger partial charge in [-0.2, -0.15) is 0 Å². The smallest absolute Gasteiger partial charge is 0.406 e. The zero-order chi connectivity index (χ0) is 18.3. The fourth-order valence-electron chi connectivity index (χ4n) is 2.67. The Labute approximate surface area is 145 Å². The van der Waals surface area contributed by atoms with Gasteiger partial charge in [0.2, 0.25) is 0 Å². The van der Waals surface area contributed by atoms with Crippen molar-refractivity contribution in [2.75, 3.05) is 0 Å². The number of aromatic amines is 1. The monoisotopic (exact) mass is 362 g/mol. The quantitative estimate of drug-likeness (QED) is 0.771. The third kappa shape index (κ3) is 3.46. The maximum absolute atomic E-state index is 12.3. The van der Waals surface area contributed by atoms with Gasteiger partial charge in [0, 0.05) is 35.8 Å². The molecule has 1 saturated carbocycles. The number of H-pyrrole nitrogens is 1. The number of ether oxygens (including phenoxy) is 1. The van der Waals surface area contributed by atoms with E-state index >= 15 is 0 Å². The Hall–Kier alpha value is -3.10. The van der Waals surface area contributed by atoms with Gasteiger partial charge in [0.05, 0.1) is 5.69 Å². The molecule has 1 aromatic carbocycles. The highest BCUT2D eigenvalue weighted by Crippen LogP contribution is 2.40. The van der Waals surface area contributed by atoms with Crippen LogP contribution < -0.4 is 10.4 Å². The summed E-state index contributed by atoms with van der Waals surface area (Å²) in [6, 6.07) is 5.91. The fraction of sp³-hybridized carbons (Fsp3) is 0.235. The summed E-state index contributed by atoms with van der Waals surface area (Å²) in [6.45, 7) is 0. The van der Waals surface area contributed by atoms with Crippen LogP contribution in [0.15, 0.2) is 47.7 Å². The lowest BCUT2D eigenvalue weighted by Crippen LogP contribution is -2.16. The molecule has 0 aliphatic heterocycles. The topological polar surface area (TPSA) is 72.8 Å². The lowest BCUT2D eigenvalue weighted by molar-refractivity contribution is -0.274. The summed E-state index contributed by atoms with van der Waals surface area (Å²) in [5.74, 6) is 0.364. The normalized spacial score (nSPS) is 14.4. The zero-order valence-corrected chi connectivity index (χ0v) is 13.3. The average molecular weight is 362 g/mol. The van der Waals surface area contributed by atoms with E-state index in [0.717, 1.165) is 12.8 Å². The average Bonchev–Trinajstić information content (AvgIpc) is 3.34. The lowest BCUT2D eigenvalue weighted by atomic mass is 10.2. The number of halogens is 3. The summed E-state index contributed by atoms with van der Waals surface area (Å²) in [5, 5.41) is 0. The maximum Gasteiger partial charge on any atom is 0.573 e. The molecule has 3 aromatic rings. The van der Waals surface area contributed by atoms with Gasteiger partial charge in [-0.15, -0.1) is 13.2 Å². The number of alkyl halides is 3. The van der Waals surface area contributed by atoms with Gasteiger partial charge >= 0.3 is 12.1 Å². The Bertz CT molecular complexity index is 968. The standard InChI is InChI=1S/C17H13F3N4O2/c18-17(19,20)26-13-5-1-10(2-6-13)15-23-14(9-24(15)12-3-4-12)11-7-21-16(25)22-8-11/h1-2,5-9,12H,3-4H2,(H,21,22,25). The van der Waals surface area contributed by atoms with E-state index in [9.17, 15) is 18.0 Å². The minimum Gasteiger partial charge on any atom is -0.406 e. The Morgan fingerprint density at radius 3 is 2.46 bits per heavy atom. The first-order valence-corrected chi connectivity index (χ1v) is 7.89. The van der Waals surface area contributed by atoms with Gasteiger partial charge in [-0.1, -0.05) is 0 Å². The molecule has 0 saturated heterocycles. The van der Waals surface area contributed by atoms with Gasteiger partial charge in [0.15, 0.2) is 0 Å². The number of hydrogen-bond acceptors (Lipinski definition) is 4. The minimum atomic E-state index is -4.72. The molecule has 0 atom stereocenters. The molecule has 1 N–H and O–H groups in total. The molecule has 2 aromatic heterocycles. The highest BCUT2D eigenvalue weighted by atomic mass is 19.4. The molecule has 26 heavy (non-hydrogen) atoms. The van der Waals surface area contributed by atoms with Crippen molar-refractivity contribution in [3.05, 3.63) is 53.3 Å². The van der Waals surface area contributed by atoms with E-state index in [-0.39, 0.29) is 5.75 Å². The van der Waals surface area contributed by atoms with Gasteiger partial charge in [-0.3, -0.25) is 0 Å². The van der Waals surface area contributed by atoms with Crippen molar-refractivity contribution >= 4 is 0 Å². The van der Waals surface area contributed by atoms with Crippen LogP contribution in [-0.4, -0.2) is 25.9 Å². The van der Waals surface area contributed by atoms with Crippen LogP contribution in [0, 0.1) is 0 Å². The number of benzene rings is 1. The summed E-state index contributed by atoms with van der Waals surface area (Å²) >= 11 is 0. The summed E-state index contributed by atoms with van der Waals surface area (Å²) in [7, 11) is 0. The number of imidazole rings is 1. The van der Waals surface area contributed by atoms with Crippen molar-refractivity contribution in [1.29, 1.82) is 0 Å². The molecule has 1 aliphatic carbocycles. The SMILES string of the molecule is O=c1ncc(-c2cn(C3CC3)c(-c3ccc(OC(F)(F)F)cc3)n2)c[nH]1. The van der Waals surface area contributed by atoms with Crippen LogP contribution in [0.4, 0.5) is 13.2 Å². The summed E-state index contributed by atoms with van der Waals surface area (Å²) in [4.78, 5) is 21.9. The van der Waals surface area contributed by atoms with Crippen molar-refractivity contribution in [2.45, 2.75) is 25.2 Å². The highest BCUT2D eigenvalue weighted by Gasteiger charge is 2.31. The molecule has 6 nitrogen and oxygen atoms in total. The summed E-state index contributed by atoms with van der Waals surface area (Å²) in [5.41, 5.74) is 1.51. The van der Waals surface area contributed by atoms with E-state index in [1.54, 1.807) is 0 Å². The van der Waals surface area contributed by atoms with Crippen LogP contribution in [0.25, 0.3) is 22.6 Å². The molecule has 1 aliphatic rings. The van der Waals surface area contributed by atoms with Crippen LogP contribution in [0.5, 0.6) is 5.75 Å². The predicted molar refractivity (Wildman–Crippen MR) is 86.5 cm³/mol. The molecule has 4 rings (SSSR count). The van der Waals surface area contributed by atoms with E-state index in [0.29, 0.717) is 28.7 Å². The van der Waals surface area contributed by atoms with Crippen LogP contribution >= 0.6 is 0 Å². The molecule has 0 bridgehead atoms. The third-order valence-corrected chi connectivity index (χ3v) is 3.99. The number of rotatable bonds is 4. The first kappa shape index (κ1) is 16.4. The van der Waals surface area contributed by atoms with Gasteiger partial charge in [-0.25, -0.2) is 14.8 Å². The Balaban J connectivity index is 1.69. The molecule has 9 heteroatoms. The van der Waals surface area contributed by atoms with E-state index in [2.05, 4.69) is 19.7 Å². The Morgan fingerprint density at radius 1 is 1.15 bits per heavy atom. The second-order valence-corrected chi connectivity index (χ2v) is 5.97. The van der Waals surface area contributed by atoms with Crippen LogP contribution in [0.3, 0.4) is 0 Å². The van der Waals surface area contributed by atoms with Crippen molar-refractivity contribution in [3.63, 3.8) is 0 Å². The van der Waals surface area contributed by atoms with Gasteiger partial charge in [-0.05, 0) is 37.1 Å². The molecule has 0 radical (unpaired) electrons. The van der Waals surface area contributed by atoms with E-state index in [1.807, 2.05) is 10.8 Å². The zero-order valence-electron chi connectivity index (χ0n) is 13.3. The fourth-order valence-corrected chi connectivity index (χ4v) is 2.67. The van der Waals surface area contributed by atoms with E-state index in [4.69, 9.17) is 0 Å². The largest absolute Gasteiger partial charge is 0.573 e. The van der Waals surface area contributed by atoms with Crippen molar-refractivity contribution in [1.82, 2.24) is 19.5 Å². The summed E-state index contributed by atoms with van der Waals surface area (Å²) < 4.78 is 42.8. The summed E-state index contributed by atoms with van der Waals surface area (Å²) in [6.07, 6.45) is 2.13. The molecule has 2 heterocycles. The van der Waals surface area contributed by atoms with Crippen molar-refractivity contribution in [3.8, 4) is 28.4 Å². The van der Waals surface area contributed by atoms with Crippen LogP contribution in [-0.2, 0) is 0 Å². The number of hydrogen-bond donors (Lipinski definition) is 1. The predicted octanol–water partition coefficient (Wildman–Crippen LogP) is 3.53. The molecule has 0 amide bonds. The Morgan fingerprint density at radius 2 is 1.88 bits per heavy atom. The van der Waals surface area contributed by atoms with E-state index in [1.165, 1.54) is 36.7 Å². The molecule has 0 unspecified atom stereocenters. The van der Waals surface area contributed by atoms with Crippen LogP contribution in [0.2, 0.25) is 0 Å². The third-order valence-electron chi connectivity index (χ3n) is 3.99. The molecular formula is C17H13F3N4O2. The van der Waals surface area contributed by atoms with Gasteiger partial charge < -0.3 is 14.3 Å².